The highest BCUT2D eigenvalue weighted by molar-refractivity contribution is 6.48. The highest BCUT2D eigenvalue weighted by atomic mass is 16.7. The predicted octanol–water partition coefficient (Wildman–Crippen LogP) is 4.53. The number of carbonyl (C=O) groups excluding carboxylic acids is 1. The summed E-state index contributed by atoms with van der Waals surface area (Å²) in [5, 5.41) is 9.57. The van der Waals surface area contributed by atoms with E-state index in [9.17, 15) is 4.79 Å². The zero-order chi connectivity index (χ0) is 25.2. The number of carbonyl (C=O) groups is 1. The molecule has 1 saturated heterocycles. The number of rotatable bonds is 6. The maximum Gasteiger partial charge on any atom is 0.481 e. The van der Waals surface area contributed by atoms with Crippen molar-refractivity contribution < 1.29 is 18.9 Å². The quantitative estimate of drug-likeness (QED) is 0.604. The Bertz CT molecular complexity index is 1220. The highest BCUT2D eigenvalue weighted by Crippen LogP contribution is 2.65. The second kappa shape index (κ2) is 8.56. The molecule has 3 heterocycles. The van der Waals surface area contributed by atoms with E-state index in [0.29, 0.717) is 29.9 Å². The Labute approximate surface area is 213 Å². The lowest BCUT2D eigenvalue weighted by molar-refractivity contribution is -0.199. The number of hydrogen-bond acceptors (Lipinski definition) is 6. The molecule has 7 nitrogen and oxygen atoms in total. The minimum atomic E-state index is -0.686. The van der Waals surface area contributed by atoms with Crippen LogP contribution in [0.5, 0.6) is 0 Å². The van der Waals surface area contributed by atoms with Gasteiger partial charge in [0.05, 0.1) is 23.3 Å². The first-order valence-electron chi connectivity index (χ1n) is 13.4. The van der Waals surface area contributed by atoms with Crippen LogP contribution < -0.4 is 5.32 Å². The van der Waals surface area contributed by atoms with Crippen LogP contribution in [-0.4, -0.2) is 47.5 Å². The van der Waals surface area contributed by atoms with Gasteiger partial charge in [-0.15, -0.1) is 0 Å². The van der Waals surface area contributed by atoms with E-state index in [4.69, 9.17) is 14.1 Å². The fourth-order valence-electron chi connectivity index (χ4n) is 7.00. The summed E-state index contributed by atoms with van der Waals surface area (Å²) in [6.45, 7) is 11.2. The molecule has 1 unspecified atom stereocenters. The summed E-state index contributed by atoms with van der Waals surface area (Å²) in [5.74, 6) is 1.12. The molecule has 2 aliphatic heterocycles. The standard InChI is InChI=1S/C28H36BN3O4/c1-16(2)10-25(29-34-24-13-19-12-23(27(19,3)4)28(24,5)36-29)31-26(33)22-14-21(32-35-22)20-11-17-8-6-7-9-18(17)15-30-20/h6-9,11,15-16,19,22-25H,10,12-14H2,1-5H3,(H,31,33)/t19-,22?,23-,24+,25-,28-/m0/s1. The second-order valence-corrected chi connectivity index (χ2v) is 12.3. The fourth-order valence-corrected chi connectivity index (χ4v) is 7.00. The summed E-state index contributed by atoms with van der Waals surface area (Å²) in [6.07, 6.45) is 4.62. The molecular formula is C28H36BN3O4. The summed E-state index contributed by atoms with van der Waals surface area (Å²) in [5.41, 5.74) is 1.41. The summed E-state index contributed by atoms with van der Waals surface area (Å²) in [4.78, 5) is 23.4. The van der Waals surface area contributed by atoms with Crippen molar-refractivity contribution in [3.05, 3.63) is 42.2 Å². The minimum absolute atomic E-state index is 0.0856. The third-order valence-electron chi connectivity index (χ3n) is 9.24. The Morgan fingerprint density at radius 3 is 2.72 bits per heavy atom. The van der Waals surface area contributed by atoms with Crippen molar-refractivity contribution in [2.75, 3.05) is 0 Å². The van der Waals surface area contributed by atoms with E-state index >= 15 is 0 Å². The molecule has 3 saturated carbocycles. The van der Waals surface area contributed by atoms with E-state index in [1.54, 1.807) is 0 Å². The van der Waals surface area contributed by atoms with Crippen molar-refractivity contribution >= 4 is 29.5 Å². The maximum atomic E-state index is 13.3. The van der Waals surface area contributed by atoms with Crippen LogP contribution in [0.2, 0.25) is 0 Å². The maximum absolute atomic E-state index is 13.3. The summed E-state index contributed by atoms with van der Waals surface area (Å²) >= 11 is 0. The van der Waals surface area contributed by atoms with Crippen molar-refractivity contribution in [2.24, 2.45) is 28.3 Å². The van der Waals surface area contributed by atoms with E-state index in [-0.39, 0.29) is 29.0 Å². The van der Waals surface area contributed by atoms with Gasteiger partial charge in [-0.1, -0.05) is 57.1 Å². The average Bonchev–Trinajstić information content (AvgIpc) is 3.47. The van der Waals surface area contributed by atoms with Crippen molar-refractivity contribution in [2.45, 2.75) is 84.1 Å². The molecule has 1 aromatic heterocycles. The van der Waals surface area contributed by atoms with E-state index in [0.717, 1.165) is 29.3 Å². The monoisotopic (exact) mass is 489 g/mol. The van der Waals surface area contributed by atoms with Gasteiger partial charge < -0.3 is 19.5 Å². The highest BCUT2D eigenvalue weighted by Gasteiger charge is 2.68. The van der Waals surface area contributed by atoms with Gasteiger partial charge in [0.15, 0.2) is 0 Å². The molecular weight excluding hydrogens is 453 g/mol. The lowest BCUT2D eigenvalue weighted by Crippen LogP contribution is -2.65. The first kappa shape index (κ1) is 23.9. The number of amides is 1. The molecule has 7 rings (SSSR count). The number of oxime groups is 1. The summed E-state index contributed by atoms with van der Waals surface area (Å²) < 4.78 is 13.2. The molecule has 190 valence electrons. The van der Waals surface area contributed by atoms with Gasteiger partial charge in [0, 0.05) is 18.0 Å². The molecule has 0 spiro atoms. The molecule has 4 fully saturated rings. The smallest absolute Gasteiger partial charge is 0.404 e. The molecule has 1 amide bonds. The number of nitrogens with zero attached hydrogens (tertiary/aromatic N) is 2. The van der Waals surface area contributed by atoms with Crippen molar-refractivity contribution in [1.29, 1.82) is 0 Å². The van der Waals surface area contributed by atoms with Crippen LogP contribution >= 0.6 is 0 Å². The lowest BCUT2D eigenvalue weighted by Gasteiger charge is -2.64. The zero-order valence-corrected chi connectivity index (χ0v) is 21.9. The second-order valence-electron chi connectivity index (χ2n) is 12.3. The van der Waals surface area contributed by atoms with E-state index in [1.807, 2.05) is 36.5 Å². The van der Waals surface area contributed by atoms with Gasteiger partial charge in [0.2, 0.25) is 6.10 Å². The number of fused-ring (bicyclic) bond motifs is 1. The average molecular weight is 489 g/mol. The Morgan fingerprint density at radius 1 is 1.19 bits per heavy atom. The van der Waals surface area contributed by atoms with Crippen LogP contribution in [0.15, 0.2) is 41.7 Å². The van der Waals surface area contributed by atoms with Gasteiger partial charge >= 0.3 is 7.12 Å². The summed E-state index contributed by atoms with van der Waals surface area (Å²) in [6, 6.07) is 10.1. The van der Waals surface area contributed by atoms with Crippen LogP contribution in [0.4, 0.5) is 0 Å². The third-order valence-corrected chi connectivity index (χ3v) is 9.24. The number of aromatic nitrogens is 1. The molecule has 2 bridgehead atoms. The number of pyridine rings is 1. The van der Waals surface area contributed by atoms with Crippen LogP contribution in [0.1, 0.15) is 66.0 Å². The minimum Gasteiger partial charge on any atom is -0.404 e. The largest absolute Gasteiger partial charge is 0.481 e. The van der Waals surface area contributed by atoms with Gasteiger partial charge in [0.1, 0.15) is 5.71 Å². The molecule has 36 heavy (non-hydrogen) atoms. The molecule has 1 N–H and O–H groups in total. The number of nitrogens with one attached hydrogen (secondary N) is 1. The van der Waals surface area contributed by atoms with Gasteiger partial charge in [0.25, 0.3) is 5.91 Å². The topological polar surface area (TPSA) is 82.0 Å². The molecule has 6 atom stereocenters. The number of hydrogen-bond donors (Lipinski definition) is 1. The van der Waals surface area contributed by atoms with E-state index in [2.05, 4.69) is 50.1 Å². The Kier molecular flexibility index (Phi) is 5.69. The van der Waals surface area contributed by atoms with Gasteiger partial charge in [-0.25, -0.2) is 0 Å². The molecule has 8 heteroatoms. The van der Waals surface area contributed by atoms with Crippen LogP contribution in [-0.2, 0) is 18.9 Å². The van der Waals surface area contributed by atoms with Crippen LogP contribution in [0.25, 0.3) is 10.8 Å². The molecule has 3 aliphatic carbocycles. The first-order chi connectivity index (χ1) is 17.1. The van der Waals surface area contributed by atoms with Gasteiger partial charge in [-0.2, -0.15) is 0 Å². The third kappa shape index (κ3) is 3.84. The van der Waals surface area contributed by atoms with E-state index in [1.165, 1.54) is 6.42 Å². The van der Waals surface area contributed by atoms with Crippen molar-refractivity contribution in [1.82, 2.24) is 10.3 Å². The lowest BCUT2D eigenvalue weighted by atomic mass is 9.43. The normalized spacial score (nSPS) is 33.1. The predicted molar refractivity (Wildman–Crippen MR) is 139 cm³/mol. The van der Waals surface area contributed by atoms with Crippen molar-refractivity contribution in [3.63, 3.8) is 0 Å². The Balaban J connectivity index is 1.13. The summed E-state index contributed by atoms with van der Waals surface area (Å²) in [7, 11) is -0.453. The zero-order valence-electron chi connectivity index (χ0n) is 21.9. The van der Waals surface area contributed by atoms with Gasteiger partial charge in [-0.3, -0.25) is 9.78 Å². The first-order valence-corrected chi connectivity index (χ1v) is 13.4. The molecule has 5 aliphatic rings. The van der Waals surface area contributed by atoms with Crippen LogP contribution in [0, 0.1) is 23.2 Å². The molecule has 2 aromatic rings. The Morgan fingerprint density at radius 2 is 1.97 bits per heavy atom. The SMILES string of the molecule is CC(C)C[C@H](NC(=O)C1CC(c2cc3ccccc3cn2)=NO1)B1O[C@@H]2C[C@@H]3C[C@@H](C3(C)C)[C@]2(C)O1. The molecule has 1 aromatic carbocycles. The number of benzene rings is 1. The fraction of sp³-hybridized carbons (Fsp3) is 0.607. The molecule has 0 radical (unpaired) electrons. The Hall–Kier alpha value is -2.45. The van der Waals surface area contributed by atoms with Crippen molar-refractivity contribution in [3.8, 4) is 0 Å². The van der Waals surface area contributed by atoms with Gasteiger partial charge in [-0.05, 0) is 60.8 Å². The van der Waals surface area contributed by atoms with Crippen LogP contribution in [0.3, 0.4) is 0 Å². The van der Waals surface area contributed by atoms with E-state index < -0.39 is 13.2 Å².